The first kappa shape index (κ1) is 10.6. The molecule has 0 heterocycles. The highest BCUT2D eigenvalue weighted by Gasteiger charge is 2.05. The van der Waals surface area contributed by atoms with Gasteiger partial charge in [0.15, 0.2) is 0 Å². The smallest absolute Gasteiger partial charge is 0.216 e. The Morgan fingerprint density at radius 3 is 2.50 bits per heavy atom. The van der Waals surface area contributed by atoms with Gasteiger partial charge in [-0.3, -0.25) is 4.79 Å². The molecule has 1 rings (SSSR count). The van der Waals surface area contributed by atoms with Crippen LogP contribution in [0.4, 0.5) is 0 Å². The first-order valence-corrected chi connectivity index (χ1v) is 4.63. The first-order valence-electron chi connectivity index (χ1n) is 4.63. The Kier molecular flexibility index (Phi) is 3.51. The van der Waals surface area contributed by atoms with Crippen molar-refractivity contribution in [3.05, 3.63) is 29.8 Å². The van der Waals surface area contributed by atoms with Gasteiger partial charge in [0.2, 0.25) is 5.91 Å². The first-order chi connectivity index (χ1) is 6.59. The standard InChI is InChI=1S/C11H15NO2/c1-8(7-12-9(2)13)10-3-5-11(14)6-4-10/h3-6,8,14H,7H2,1-2H3,(H,12,13). The lowest BCUT2D eigenvalue weighted by Gasteiger charge is -2.11. The highest BCUT2D eigenvalue weighted by molar-refractivity contribution is 5.72. The van der Waals surface area contributed by atoms with Gasteiger partial charge in [0.1, 0.15) is 5.75 Å². The molecule has 2 N–H and O–H groups in total. The van der Waals surface area contributed by atoms with E-state index in [1.54, 1.807) is 12.1 Å². The number of nitrogens with one attached hydrogen (secondary N) is 1. The summed E-state index contributed by atoms with van der Waals surface area (Å²) in [5.74, 6) is 0.510. The zero-order chi connectivity index (χ0) is 10.6. The topological polar surface area (TPSA) is 49.3 Å². The molecule has 0 aliphatic heterocycles. The monoisotopic (exact) mass is 193 g/mol. The summed E-state index contributed by atoms with van der Waals surface area (Å²) < 4.78 is 0. The highest BCUT2D eigenvalue weighted by Crippen LogP contribution is 2.17. The number of aromatic hydroxyl groups is 1. The van der Waals surface area contributed by atoms with E-state index in [2.05, 4.69) is 5.32 Å². The van der Waals surface area contributed by atoms with Gasteiger partial charge in [0, 0.05) is 13.5 Å². The molecule has 0 radical (unpaired) electrons. The van der Waals surface area contributed by atoms with Crippen LogP contribution in [0.5, 0.6) is 5.75 Å². The maximum absolute atomic E-state index is 10.7. The van der Waals surface area contributed by atoms with E-state index in [-0.39, 0.29) is 17.6 Å². The van der Waals surface area contributed by atoms with Gasteiger partial charge in [-0.05, 0) is 23.6 Å². The third-order valence-electron chi connectivity index (χ3n) is 2.12. The fourth-order valence-electron chi connectivity index (χ4n) is 1.22. The third kappa shape index (κ3) is 3.09. The molecule has 0 saturated heterocycles. The number of rotatable bonds is 3. The second kappa shape index (κ2) is 4.65. The summed E-state index contributed by atoms with van der Waals surface area (Å²) in [6.07, 6.45) is 0. The predicted octanol–water partition coefficient (Wildman–Crippen LogP) is 1.63. The van der Waals surface area contributed by atoms with Crippen molar-refractivity contribution >= 4 is 5.91 Å². The maximum Gasteiger partial charge on any atom is 0.216 e. The van der Waals surface area contributed by atoms with Crippen LogP contribution in [0.15, 0.2) is 24.3 Å². The van der Waals surface area contributed by atoms with Crippen LogP contribution in [-0.2, 0) is 4.79 Å². The molecular weight excluding hydrogens is 178 g/mol. The van der Waals surface area contributed by atoms with Gasteiger partial charge in [-0.15, -0.1) is 0 Å². The Morgan fingerprint density at radius 2 is 2.00 bits per heavy atom. The molecule has 0 aliphatic rings. The minimum Gasteiger partial charge on any atom is -0.508 e. The Bertz CT molecular complexity index is 306. The fraction of sp³-hybridized carbons (Fsp3) is 0.364. The predicted molar refractivity (Wildman–Crippen MR) is 55.2 cm³/mol. The van der Waals surface area contributed by atoms with Crippen molar-refractivity contribution in [3.63, 3.8) is 0 Å². The van der Waals surface area contributed by atoms with Crippen LogP contribution in [0.25, 0.3) is 0 Å². The van der Waals surface area contributed by atoms with Crippen molar-refractivity contribution in [3.8, 4) is 5.75 Å². The number of amides is 1. The molecule has 1 aromatic carbocycles. The van der Waals surface area contributed by atoms with E-state index in [4.69, 9.17) is 5.11 Å². The minimum atomic E-state index is -0.0179. The van der Waals surface area contributed by atoms with Crippen LogP contribution in [0.3, 0.4) is 0 Å². The van der Waals surface area contributed by atoms with Crippen LogP contribution in [0.2, 0.25) is 0 Å². The van der Waals surface area contributed by atoms with Crippen LogP contribution in [0.1, 0.15) is 25.3 Å². The molecular formula is C11H15NO2. The molecule has 0 bridgehead atoms. The van der Waals surface area contributed by atoms with Crippen molar-refractivity contribution in [1.29, 1.82) is 0 Å². The lowest BCUT2D eigenvalue weighted by atomic mass is 10.0. The average Bonchev–Trinajstić information content (AvgIpc) is 2.15. The zero-order valence-electron chi connectivity index (χ0n) is 8.45. The number of benzene rings is 1. The molecule has 14 heavy (non-hydrogen) atoms. The van der Waals surface area contributed by atoms with E-state index in [1.807, 2.05) is 19.1 Å². The van der Waals surface area contributed by atoms with Crippen molar-refractivity contribution in [1.82, 2.24) is 5.32 Å². The molecule has 1 atom stereocenters. The summed E-state index contributed by atoms with van der Waals surface area (Å²) in [5, 5.41) is 11.8. The summed E-state index contributed by atoms with van der Waals surface area (Å²) >= 11 is 0. The van der Waals surface area contributed by atoms with Gasteiger partial charge < -0.3 is 10.4 Å². The normalized spacial score (nSPS) is 12.1. The molecule has 0 aromatic heterocycles. The lowest BCUT2D eigenvalue weighted by molar-refractivity contribution is -0.119. The molecule has 3 nitrogen and oxygen atoms in total. The van der Waals surface area contributed by atoms with Crippen LogP contribution < -0.4 is 5.32 Å². The second-order valence-electron chi connectivity index (χ2n) is 3.43. The van der Waals surface area contributed by atoms with Crippen molar-refractivity contribution in [2.24, 2.45) is 0 Å². The summed E-state index contributed by atoms with van der Waals surface area (Å²) in [6, 6.07) is 7.03. The van der Waals surface area contributed by atoms with Crippen molar-refractivity contribution in [2.45, 2.75) is 19.8 Å². The van der Waals surface area contributed by atoms with Crippen molar-refractivity contribution < 1.29 is 9.90 Å². The van der Waals surface area contributed by atoms with Gasteiger partial charge in [-0.25, -0.2) is 0 Å². The second-order valence-corrected chi connectivity index (χ2v) is 3.43. The van der Waals surface area contributed by atoms with Gasteiger partial charge >= 0.3 is 0 Å². The van der Waals surface area contributed by atoms with Gasteiger partial charge in [-0.1, -0.05) is 19.1 Å². The summed E-state index contributed by atoms with van der Waals surface area (Å²) in [4.78, 5) is 10.7. The summed E-state index contributed by atoms with van der Waals surface area (Å²) in [6.45, 7) is 4.16. The van der Waals surface area contributed by atoms with E-state index in [0.717, 1.165) is 5.56 Å². The third-order valence-corrected chi connectivity index (χ3v) is 2.12. The summed E-state index contributed by atoms with van der Waals surface area (Å²) in [7, 11) is 0. The highest BCUT2D eigenvalue weighted by atomic mass is 16.3. The van der Waals surface area contributed by atoms with Crippen LogP contribution >= 0.6 is 0 Å². The fourth-order valence-corrected chi connectivity index (χ4v) is 1.22. The largest absolute Gasteiger partial charge is 0.508 e. The molecule has 76 valence electrons. The molecule has 0 saturated carbocycles. The van der Waals surface area contributed by atoms with Crippen LogP contribution in [0, 0.1) is 0 Å². The van der Waals surface area contributed by atoms with Gasteiger partial charge in [0.05, 0.1) is 0 Å². The molecule has 1 amide bonds. The maximum atomic E-state index is 10.7. The Balaban J connectivity index is 2.56. The van der Waals surface area contributed by atoms with Crippen molar-refractivity contribution in [2.75, 3.05) is 6.54 Å². The zero-order valence-corrected chi connectivity index (χ0v) is 8.45. The molecule has 1 aromatic rings. The van der Waals surface area contributed by atoms with Crippen LogP contribution in [-0.4, -0.2) is 17.6 Å². The Morgan fingerprint density at radius 1 is 1.43 bits per heavy atom. The molecule has 3 heteroatoms. The summed E-state index contributed by atoms with van der Waals surface area (Å²) in [5.41, 5.74) is 1.11. The van der Waals surface area contributed by atoms with Gasteiger partial charge in [0.25, 0.3) is 0 Å². The SMILES string of the molecule is CC(=O)NCC(C)c1ccc(O)cc1. The Labute approximate surface area is 83.8 Å². The number of phenolic OH excluding ortho intramolecular Hbond substituents is 1. The minimum absolute atomic E-state index is 0.0179. The van der Waals surface area contributed by atoms with E-state index >= 15 is 0 Å². The number of carbonyl (C=O) groups excluding carboxylic acids is 1. The number of carbonyl (C=O) groups is 1. The van der Waals surface area contributed by atoms with E-state index < -0.39 is 0 Å². The molecule has 0 aliphatic carbocycles. The number of phenols is 1. The average molecular weight is 193 g/mol. The number of hydrogen-bond acceptors (Lipinski definition) is 2. The number of hydrogen-bond donors (Lipinski definition) is 2. The van der Waals surface area contributed by atoms with Gasteiger partial charge in [-0.2, -0.15) is 0 Å². The molecule has 1 unspecified atom stereocenters. The van der Waals surface area contributed by atoms with E-state index in [0.29, 0.717) is 6.54 Å². The quantitative estimate of drug-likeness (QED) is 0.766. The molecule has 0 spiro atoms. The lowest BCUT2D eigenvalue weighted by Crippen LogP contribution is -2.24. The van der Waals surface area contributed by atoms with E-state index in [9.17, 15) is 4.79 Å². The molecule has 0 fully saturated rings. The Hall–Kier alpha value is -1.51. The van der Waals surface area contributed by atoms with E-state index in [1.165, 1.54) is 6.92 Å².